The summed E-state index contributed by atoms with van der Waals surface area (Å²) >= 11 is 0. The van der Waals surface area contributed by atoms with Crippen LogP contribution in [0.25, 0.3) is 21.8 Å². The zero-order valence-electron chi connectivity index (χ0n) is 16.6. The van der Waals surface area contributed by atoms with E-state index in [0.29, 0.717) is 32.1 Å². The van der Waals surface area contributed by atoms with Crippen LogP contribution in [0.2, 0.25) is 0 Å². The van der Waals surface area contributed by atoms with Crippen molar-refractivity contribution in [2.45, 2.75) is 33.2 Å². The predicted molar refractivity (Wildman–Crippen MR) is 113 cm³/mol. The van der Waals surface area contributed by atoms with E-state index in [2.05, 4.69) is 66.3 Å². The number of hydrogen-bond acceptors (Lipinski definition) is 2. The normalized spacial score (nSPS) is 15.1. The molecule has 3 aromatic rings. The molecule has 0 spiro atoms. The number of hydrogen-bond donors (Lipinski definition) is 2. The number of urea groups is 1. The number of carbonyl (C=O) groups excluding carboxylic acids is 2. The van der Waals surface area contributed by atoms with Gasteiger partial charge in [0, 0.05) is 59.6 Å². The number of fused-ring (bicyclic) bond motifs is 3. The molecule has 1 aliphatic heterocycles. The summed E-state index contributed by atoms with van der Waals surface area (Å²) in [5.41, 5.74) is 4.26. The van der Waals surface area contributed by atoms with Crippen molar-refractivity contribution in [1.82, 2.24) is 14.8 Å². The quantitative estimate of drug-likeness (QED) is 0.707. The van der Waals surface area contributed by atoms with Gasteiger partial charge in [-0.05, 0) is 44.5 Å². The van der Waals surface area contributed by atoms with Crippen LogP contribution in [-0.2, 0) is 4.79 Å². The van der Waals surface area contributed by atoms with Gasteiger partial charge in [-0.2, -0.15) is 0 Å². The van der Waals surface area contributed by atoms with Crippen LogP contribution in [0.4, 0.5) is 10.5 Å². The number of aryl methyl sites for hydroxylation is 1. The number of benzene rings is 2. The highest BCUT2D eigenvalue weighted by Gasteiger charge is 2.21. The molecule has 2 N–H and O–H groups in total. The lowest BCUT2D eigenvalue weighted by atomic mass is 10.1. The van der Waals surface area contributed by atoms with Gasteiger partial charge in [0.25, 0.3) is 0 Å². The Hall–Kier alpha value is -3.02. The summed E-state index contributed by atoms with van der Waals surface area (Å²) in [5, 5.41) is 8.23. The van der Waals surface area contributed by atoms with Crippen molar-refractivity contribution in [3.63, 3.8) is 0 Å². The maximum absolute atomic E-state index is 12.8. The average molecular weight is 378 g/mol. The highest BCUT2D eigenvalue weighted by molar-refractivity contribution is 6.12. The van der Waals surface area contributed by atoms with Crippen molar-refractivity contribution in [2.24, 2.45) is 0 Å². The third-order valence-electron chi connectivity index (χ3n) is 5.49. The number of nitrogens with zero attached hydrogens (tertiary/aromatic N) is 2. The molecule has 1 fully saturated rings. The Bertz CT molecular complexity index is 1070. The Morgan fingerprint density at radius 2 is 1.89 bits per heavy atom. The van der Waals surface area contributed by atoms with Crippen molar-refractivity contribution < 1.29 is 9.59 Å². The first kappa shape index (κ1) is 18.3. The van der Waals surface area contributed by atoms with Gasteiger partial charge in [0.1, 0.15) is 0 Å². The van der Waals surface area contributed by atoms with Gasteiger partial charge in [0.15, 0.2) is 0 Å². The van der Waals surface area contributed by atoms with Crippen LogP contribution in [0.3, 0.4) is 0 Å². The third-order valence-corrected chi connectivity index (χ3v) is 5.49. The molecule has 0 aliphatic carbocycles. The second-order valence-electron chi connectivity index (χ2n) is 7.63. The van der Waals surface area contributed by atoms with E-state index in [0.717, 1.165) is 11.3 Å². The number of rotatable bonds is 2. The van der Waals surface area contributed by atoms with Crippen molar-refractivity contribution in [3.8, 4) is 0 Å². The second kappa shape index (κ2) is 7.19. The van der Waals surface area contributed by atoms with E-state index in [1.807, 2.05) is 6.07 Å². The first-order valence-corrected chi connectivity index (χ1v) is 9.82. The summed E-state index contributed by atoms with van der Waals surface area (Å²) in [6.07, 6.45) is 0.341. The van der Waals surface area contributed by atoms with Gasteiger partial charge in [0.05, 0.1) is 0 Å². The summed E-state index contributed by atoms with van der Waals surface area (Å²) < 4.78 is 2.34. The molecular weight excluding hydrogens is 352 g/mol. The zero-order valence-corrected chi connectivity index (χ0v) is 16.6. The molecule has 146 valence electrons. The highest BCUT2D eigenvalue weighted by Crippen LogP contribution is 2.36. The van der Waals surface area contributed by atoms with Crippen molar-refractivity contribution >= 4 is 39.4 Å². The predicted octanol–water partition coefficient (Wildman–Crippen LogP) is 4.04. The van der Waals surface area contributed by atoms with Gasteiger partial charge in [0.2, 0.25) is 5.91 Å². The molecule has 28 heavy (non-hydrogen) atoms. The molecule has 6 nitrogen and oxygen atoms in total. The topological polar surface area (TPSA) is 66.4 Å². The third kappa shape index (κ3) is 3.09. The smallest absolute Gasteiger partial charge is 0.321 e. The van der Waals surface area contributed by atoms with E-state index >= 15 is 0 Å². The number of aromatic nitrogens is 1. The first-order chi connectivity index (χ1) is 13.5. The zero-order chi connectivity index (χ0) is 19.8. The van der Waals surface area contributed by atoms with Gasteiger partial charge in [-0.3, -0.25) is 4.79 Å². The minimum atomic E-state index is -0.161. The van der Waals surface area contributed by atoms with Gasteiger partial charge < -0.3 is 20.1 Å². The summed E-state index contributed by atoms with van der Waals surface area (Å²) in [7, 11) is 0. The van der Waals surface area contributed by atoms with Crippen LogP contribution in [0.1, 0.15) is 31.9 Å². The Labute approximate surface area is 164 Å². The van der Waals surface area contributed by atoms with Crippen LogP contribution < -0.4 is 10.6 Å². The second-order valence-corrected chi connectivity index (χ2v) is 7.63. The number of para-hydroxylation sites is 1. The van der Waals surface area contributed by atoms with Crippen molar-refractivity contribution in [1.29, 1.82) is 0 Å². The number of carbonyl (C=O) groups is 2. The summed E-state index contributed by atoms with van der Waals surface area (Å²) in [5.74, 6) is -0.00519. The van der Waals surface area contributed by atoms with E-state index in [-0.39, 0.29) is 11.9 Å². The molecule has 0 atom stereocenters. The van der Waals surface area contributed by atoms with Crippen LogP contribution in [0, 0.1) is 6.92 Å². The molecule has 1 aromatic heterocycles. The molecule has 1 saturated heterocycles. The molecule has 4 rings (SSSR count). The molecule has 1 aliphatic rings. The highest BCUT2D eigenvalue weighted by atomic mass is 16.2. The Morgan fingerprint density at radius 3 is 2.68 bits per heavy atom. The number of amides is 3. The maximum atomic E-state index is 12.8. The molecule has 6 heteroatoms. The van der Waals surface area contributed by atoms with Gasteiger partial charge in [-0.15, -0.1) is 0 Å². The molecule has 0 radical (unpaired) electrons. The Morgan fingerprint density at radius 1 is 1.11 bits per heavy atom. The van der Waals surface area contributed by atoms with Crippen LogP contribution >= 0.6 is 0 Å². The first-order valence-electron chi connectivity index (χ1n) is 9.82. The SMILES string of the molecule is Cc1c(NC(=O)N2CCNC(=O)CC2)ccc2c1c1ccccc1n2C(C)C. The van der Waals surface area contributed by atoms with Crippen LogP contribution in [0.15, 0.2) is 36.4 Å². The summed E-state index contributed by atoms with van der Waals surface area (Å²) in [6.45, 7) is 7.88. The van der Waals surface area contributed by atoms with Crippen molar-refractivity contribution in [2.75, 3.05) is 25.0 Å². The van der Waals surface area contributed by atoms with Gasteiger partial charge in [-0.1, -0.05) is 18.2 Å². The largest absolute Gasteiger partial charge is 0.354 e. The van der Waals surface area contributed by atoms with Gasteiger partial charge >= 0.3 is 6.03 Å². The lowest BCUT2D eigenvalue weighted by Crippen LogP contribution is -2.37. The van der Waals surface area contributed by atoms with Crippen molar-refractivity contribution in [3.05, 3.63) is 42.0 Å². The standard InChI is InChI=1S/C22H26N4O2/c1-14(2)26-18-7-5-4-6-16(18)21-15(3)17(8-9-19(21)26)24-22(28)25-12-10-20(27)23-11-13-25/h4-9,14H,10-13H2,1-3H3,(H,23,27)(H,24,28). The molecule has 0 saturated carbocycles. The molecule has 2 aromatic carbocycles. The number of nitrogens with one attached hydrogen (secondary N) is 2. The lowest BCUT2D eigenvalue weighted by Gasteiger charge is -2.21. The van der Waals surface area contributed by atoms with E-state index < -0.39 is 0 Å². The Kier molecular flexibility index (Phi) is 4.71. The average Bonchev–Trinajstić information content (AvgIpc) is 2.86. The van der Waals surface area contributed by atoms with E-state index in [4.69, 9.17) is 0 Å². The van der Waals surface area contributed by atoms with E-state index in [9.17, 15) is 9.59 Å². The summed E-state index contributed by atoms with van der Waals surface area (Å²) in [4.78, 5) is 26.0. The fourth-order valence-corrected chi connectivity index (χ4v) is 4.12. The number of anilines is 1. The Balaban J connectivity index is 1.73. The molecule has 2 heterocycles. The van der Waals surface area contributed by atoms with E-state index in [1.54, 1.807) is 4.90 Å². The summed E-state index contributed by atoms with van der Waals surface area (Å²) in [6, 6.07) is 12.6. The monoisotopic (exact) mass is 378 g/mol. The fourth-order valence-electron chi connectivity index (χ4n) is 4.12. The van der Waals surface area contributed by atoms with Gasteiger partial charge in [-0.25, -0.2) is 4.79 Å². The molecule has 3 amide bonds. The fraction of sp³-hybridized carbons (Fsp3) is 0.364. The lowest BCUT2D eigenvalue weighted by molar-refractivity contribution is -0.120. The van der Waals surface area contributed by atoms with Crippen LogP contribution in [-0.4, -0.2) is 41.0 Å². The minimum absolute atomic E-state index is 0.00519. The van der Waals surface area contributed by atoms with E-state index in [1.165, 1.54) is 21.8 Å². The molecular formula is C22H26N4O2. The minimum Gasteiger partial charge on any atom is -0.354 e. The maximum Gasteiger partial charge on any atom is 0.321 e. The van der Waals surface area contributed by atoms with Crippen LogP contribution in [0.5, 0.6) is 0 Å². The molecule has 0 unspecified atom stereocenters. The molecule has 0 bridgehead atoms.